The van der Waals surface area contributed by atoms with Gasteiger partial charge in [0.1, 0.15) is 16.0 Å². The molecule has 0 N–H and O–H groups in total. The first-order valence-corrected chi connectivity index (χ1v) is 15.2. The number of fused-ring (bicyclic) bond motifs is 3. The Kier molecular flexibility index (Phi) is 6.48. The lowest BCUT2D eigenvalue weighted by Crippen LogP contribution is -2.61. The molecule has 1 fully saturated rings. The SMILES string of the molecule is CC(C)(F)C1(c2cc(Cl)c(F)c(Cl)c2)CC(c2ccc3c(c2)COC32CN(C(=O)c3cccc4ccccc34)C2)=NS1. The van der Waals surface area contributed by atoms with E-state index in [-0.39, 0.29) is 22.4 Å². The Morgan fingerprint density at radius 2 is 1.74 bits per heavy atom. The van der Waals surface area contributed by atoms with Crippen LogP contribution >= 0.6 is 35.1 Å². The molecule has 0 radical (unpaired) electrons. The fourth-order valence-electron chi connectivity index (χ4n) is 6.38. The number of carbonyl (C=O) groups excluding carboxylic acids is 1. The minimum atomic E-state index is -1.72. The maximum atomic E-state index is 15.8. The fraction of sp³-hybridized carbons (Fsp3) is 0.273. The molecule has 1 atom stereocenters. The highest BCUT2D eigenvalue weighted by Gasteiger charge is 2.54. The zero-order chi connectivity index (χ0) is 29.4. The van der Waals surface area contributed by atoms with Crippen molar-refractivity contribution in [1.29, 1.82) is 0 Å². The molecule has 3 aliphatic heterocycles. The van der Waals surface area contributed by atoms with Crippen LogP contribution in [0.3, 0.4) is 0 Å². The van der Waals surface area contributed by atoms with E-state index >= 15 is 4.39 Å². The Morgan fingerprint density at radius 1 is 1.02 bits per heavy atom. The molecule has 0 aromatic heterocycles. The van der Waals surface area contributed by atoms with E-state index in [1.54, 1.807) is 0 Å². The molecule has 3 aliphatic rings. The monoisotopic (exact) mass is 622 g/mol. The van der Waals surface area contributed by atoms with Gasteiger partial charge in [-0.25, -0.2) is 13.2 Å². The highest BCUT2D eigenvalue weighted by Crippen LogP contribution is 2.56. The third kappa shape index (κ3) is 4.20. The molecule has 42 heavy (non-hydrogen) atoms. The second kappa shape index (κ2) is 9.78. The normalized spacial score (nSPS) is 21.0. The summed E-state index contributed by atoms with van der Waals surface area (Å²) in [6.07, 6.45) is 0.275. The quantitative estimate of drug-likeness (QED) is 0.169. The van der Waals surface area contributed by atoms with Crippen molar-refractivity contribution in [2.45, 2.75) is 42.9 Å². The first-order chi connectivity index (χ1) is 20.0. The maximum Gasteiger partial charge on any atom is 0.254 e. The number of likely N-dealkylation sites (tertiary alicyclic amines) is 1. The lowest BCUT2D eigenvalue weighted by molar-refractivity contribution is -0.126. The van der Waals surface area contributed by atoms with Crippen LogP contribution in [0.15, 0.2) is 77.2 Å². The van der Waals surface area contributed by atoms with Crippen molar-refractivity contribution in [3.63, 3.8) is 0 Å². The number of carbonyl (C=O) groups is 1. The van der Waals surface area contributed by atoms with Crippen molar-refractivity contribution in [2.75, 3.05) is 13.1 Å². The van der Waals surface area contributed by atoms with Crippen molar-refractivity contribution in [2.24, 2.45) is 4.40 Å². The Morgan fingerprint density at radius 3 is 2.48 bits per heavy atom. The summed E-state index contributed by atoms with van der Waals surface area (Å²) in [6.45, 7) is 4.35. The van der Waals surface area contributed by atoms with Crippen LogP contribution in [0.25, 0.3) is 10.8 Å². The minimum absolute atomic E-state index is 0.00499. The van der Waals surface area contributed by atoms with Crippen LogP contribution < -0.4 is 0 Å². The third-order valence-electron chi connectivity index (χ3n) is 8.77. The summed E-state index contributed by atoms with van der Waals surface area (Å²) < 4.78 is 39.9. The largest absolute Gasteiger partial charge is 0.362 e. The Balaban J connectivity index is 1.12. The van der Waals surface area contributed by atoms with Gasteiger partial charge in [-0.05, 0) is 83.1 Å². The summed E-state index contributed by atoms with van der Waals surface area (Å²) in [5.41, 5.74) is 2.62. The van der Waals surface area contributed by atoms with Gasteiger partial charge in [0.2, 0.25) is 0 Å². The molecule has 0 aliphatic carbocycles. The van der Waals surface area contributed by atoms with Crippen LogP contribution in [0, 0.1) is 5.82 Å². The number of halogens is 4. The second-order valence-corrected chi connectivity index (χ2v) is 13.6. The van der Waals surface area contributed by atoms with E-state index in [4.69, 9.17) is 32.3 Å². The number of amides is 1. The molecule has 4 nitrogen and oxygen atoms in total. The number of rotatable bonds is 4. The van der Waals surface area contributed by atoms with Gasteiger partial charge in [0.15, 0.2) is 5.82 Å². The Bertz CT molecular complexity index is 1790. The Hall–Kier alpha value is -2.97. The molecule has 4 aromatic carbocycles. The molecule has 214 valence electrons. The molecule has 4 aromatic rings. The number of ether oxygens (including phenoxy) is 1. The summed E-state index contributed by atoms with van der Waals surface area (Å²) in [4.78, 5) is 15.3. The molecule has 7 rings (SSSR count). The van der Waals surface area contributed by atoms with Gasteiger partial charge < -0.3 is 9.64 Å². The predicted octanol–water partition coefficient (Wildman–Crippen LogP) is 8.65. The summed E-state index contributed by atoms with van der Waals surface area (Å²) >= 11 is 13.3. The number of alkyl halides is 1. The molecule has 3 heterocycles. The van der Waals surface area contributed by atoms with Crippen molar-refractivity contribution < 1.29 is 18.3 Å². The zero-order valence-corrected chi connectivity index (χ0v) is 25.2. The van der Waals surface area contributed by atoms with Gasteiger partial charge in [0, 0.05) is 12.0 Å². The van der Waals surface area contributed by atoms with Gasteiger partial charge in [-0.15, -0.1) is 0 Å². The standard InChI is InChI=1S/C33H26Cl2F2N2O2S/c1-31(2,37)33(22-13-26(34)29(36)27(35)14-22)15-28(38-42-33)20-10-11-25-21(12-20)16-41-32(25)17-39(18-32)30(40)24-9-5-7-19-6-3-4-8-23(19)24/h3-14H,15-18H2,1-2H3. The molecule has 1 saturated heterocycles. The maximum absolute atomic E-state index is 15.8. The number of hydrogen-bond donors (Lipinski definition) is 0. The lowest BCUT2D eigenvalue weighted by atomic mass is 9.79. The second-order valence-electron chi connectivity index (χ2n) is 11.7. The van der Waals surface area contributed by atoms with Crippen LogP contribution in [0.2, 0.25) is 10.0 Å². The van der Waals surface area contributed by atoms with E-state index < -0.39 is 21.8 Å². The van der Waals surface area contributed by atoms with Gasteiger partial charge in [0.25, 0.3) is 5.91 Å². The van der Waals surface area contributed by atoms with Gasteiger partial charge in [-0.3, -0.25) is 4.79 Å². The van der Waals surface area contributed by atoms with Crippen LogP contribution in [0.4, 0.5) is 8.78 Å². The minimum Gasteiger partial charge on any atom is -0.362 e. The molecule has 0 bridgehead atoms. The van der Waals surface area contributed by atoms with Crippen molar-refractivity contribution in [1.82, 2.24) is 4.90 Å². The van der Waals surface area contributed by atoms with Gasteiger partial charge in [0.05, 0.1) is 35.5 Å². The summed E-state index contributed by atoms with van der Waals surface area (Å²) in [5.74, 6) is -0.728. The first-order valence-electron chi connectivity index (χ1n) is 13.7. The van der Waals surface area contributed by atoms with Crippen LogP contribution in [-0.2, 0) is 21.7 Å². The molecule has 1 spiro atoms. The summed E-state index contributed by atoms with van der Waals surface area (Å²) in [5, 5.41) is 1.68. The van der Waals surface area contributed by atoms with Crippen LogP contribution in [0.5, 0.6) is 0 Å². The van der Waals surface area contributed by atoms with Gasteiger partial charge >= 0.3 is 0 Å². The van der Waals surface area contributed by atoms with Crippen LogP contribution in [0.1, 0.15) is 52.9 Å². The van der Waals surface area contributed by atoms with E-state index in [9.17, 15) is 9.18 Å². The Labute approximate surface area is 256 Å². The highest BCUT2D eigenvalue weighted by molar-refractivity contribution is 7.99. The van der Waals surface area contributed by atoms with E-state index in [2.05, 4.69) is 0 Å². The van der Waals surface area contributed by atoms with Crippen molar-refractivity contribution in [3.8, 4) is 0 Å². The molecular formula is C33H26Cl2F2N2O2S. The molecule has 1 amide bonds. The smallest absolute Gasteiger partial charge is 0.254 e. The van der Waals surface area contributed by atoms with Crippen molar-refractivity contribution in [3.05, 3.63) is 116 Å². The molecule has 1 unspecified atom stereocenters. The first kappa shape index (κ1) is 27.8. The molecule has 0 saturated carbocycles. The average molecular weight is 624 g/mol. The predicted molar refractivity (Wildman–Crippen MR) is 165 cm³/mol. The van der Waals surface area contributed by atoms with Gasteiger partial charge in [-0.1, -0.05) is 71.7 Å². The summed E-state index contributed by atoms with van der Waals surface area (Å²) in [7, 11) is 0. The lowest BCUT2D eigenvalue weighted by Gasteiger charge is -2.47. The zero-order valence-electron chi connectivity index (χ0n) is 22.9. The van der Waals surface area contributed by atoms with E-state index in [0.717, 1.165) is 45.1 Å². The highest BCUT2D eigenvalue weighted by atomic mass is 35.5. The van der Waals surface area contributed by atoms with Gasteiger partial charge in [-0.2, -0.15) is 0 Å². The number of benzene rings is 4. The van der Waals surface area contributed by atoms with E-state index in [1.165, 1.54) is 26.0 Å². The molecule has 9 heteroatoms. The topological polar surface area (TPSA) is 41.9 Å². The fourth-order valence-corrected chi connectivity index (χ4v) is 7.95. The number of hydrogen-bond acceptors (Lipinski definition) is 4. The number of nitrogens with zero attached hydrogens (tertiary/aromatic N) is 2. The summed E-state index contributed by atoms with van der Waals surface area (Å²) in [6, 6.07) is 22.6. The van der Waals surface area contributed by atoms with Crippen molar-refractivity contribution >= 4 is 57.5 Å². The van der Waals surface area contributed by atoms with E-state index in [0.29, 0.717) is 30.8 Å². The van der Waals surface area contributed by atoms with E-state index in [1.807, 2.05) is 65.6 Å². The average Bonchev–Trinajstić information content (AvgIpc) is 3.57. The molecular weight excluding hydrogens is 597 g/mol. The van der Waals surface area contributed by atoms with Crippen LogP contribution in [-0.4, -0.2) is 35.3 Å². The third-order valence-corrected chi connectivity index (χ3v) is 10.8.